The van der Waals surface area contributed by atoms with Gasteiger partial charge in [-0.15, -0.1) is 0 Å². The first-order valence-corrected chi connectivity index (χ1v) is 12.3. The molecule has 0 aliphatic heterocycles. The molecule has 4 rings (SSSR count). The quantitative estimate of drug-likeness (QED) is 0.295. The zero-order valence-corrected chi connectivity index (χ0v) is 22.1. The Hall–Kier alpha value is -3.97. The summed E-state index contributed by atoms with van der Waals surface area (Å²) in [5, 5.41) is 4.23. The minimum atomic E-state index is -0.354. The number of halogens is 1. The zero-order valence-electron chi connectivity index (χ0n) is 21.4. The first kappa shape index (κ1) is 26.1. The van der Waals surface area contributed by atoms with Crippen LogP contribution < -0.4 is 20.3 Å². The van der Waals surface area contributed by atoms with Crippen molar-refractivity contribution in [1.29, 1.82) is 0 Å². The van der Waals surface area contributed by atoms with E-state index in [1.165, 1.54) is 0 Å². The van der Waals surface area contributed by atoms with Crippen LogP contribution in [-0.2, 0) is 13.0 Å². The van der Waals surface area contributed by atoms with Crippen LogP contribution in [0.15, 0.2) is 65.5 Å². The number of aryl methyl sites for hydroxylation is 2. The first-order chi connectivity index (χ1) is 17.8. The number of rotatable bonds is 8. The second-order valence-corrected chi connectivity index (χ2v) is 9.27. The number of carbonyl (C=O) groups is 1. The van der Waals surface area contributed by atoms with Gasteiger partial charge in [0.15, 0.2) is 11.5 Å². The summed E-state index contributed by atoms with van der Waals surface area (Å²) in [5.41, 5.74) is 4.69. The molecule has 1 heterocycles. The van der Waals surface area contributed by atoms with Gasteiger partial charge in [0, 0.05) is 12.1 Å². The average Bonchev–Trinajstić information content (AvgIpc) is 2.90. The van der Waals surface area contributed by atoms with Crippen molar-refractivity contribution < 1.29 is 14.3 Å². The van der Waals surface area contributed by atoms with Gasteiger partial charge in [-0.2, -0.15) is 0 Å². The molecule has 2 N–H and O–H groups in total. The molecule has 0 saturated heterocycles. The molecular formula is C29H30ClN3O4. The number of anilines is 1. The van der Waals surface area contributed by atoms with Gasteiger partial charge in [-0.25, -0.2) is 4.79 Å². The second-order valence-electron chi connectivity index (χ2n) is 8.87. The van der Waals surface area contributed by atoms with Gasteiger partial charge in [-0.3, -0.25) is 4.79 Å². The molecule has 0 aliphatic carbocycles. The largest absolute Gasteiger partial charge is 0.493 e. The number of nitrogens with zero attached hydrogens (tertiary/aromatic N) is 1. The molecule has 7 nitrogen and oxygen atoms in total. The molecule has 0 saturated carbocycles. The lowest BCUT2D eigenvalue weighted by molar-refractivity contribution is 0.209. The number of carbonyl (C=O) groups excluding carboxylic acids is 1. The van der Waals surface area contributed by atoms with E-state index in [0.717, 1.165) is 27.6 Å². The number of benzene rings is 3. The minimum absolute atomic E-state index is 0.127. The standard InChI is InChI=1S/C29H30ClN3O4/c1-18-9-11-21-16-22(28(34)32-27(21)19(18)2)17-33(29(35)31-24-8-6-5-7-23(24)30)14-13-20-10-12-25(36-3)26(15-20)37-4/h5-12,15-16H,13-14,17H2,1-4H3,(H,31,35)(H,32,34). The molecule has 0 atom stereocenters. The second kappa shape index (κ2) is 11.4. The van der Waals surface area contributed by atoms with Crippen LogP contribution in [0.4, 0.5) is 10.5 Å². The Morgan fingerprint density at radius 3 is 2.49 bits per heavy atom. The molecule has 192 valence electrons. The summed E-state index contributed by atoms with van der Waals surface area (Å²) in [7, 11) is 3.17. The summed E-state index contributed by atoms with van der Waals surface area (Å²) in [4.78, 5) is 31.0. The topological polar surface area (TPSA) is 83.7 Å². The lowest BCUT2D eigenvalue weighted by Gasteiger charge is -2.24. The summed E-state index contributed by atoms with van der Waals surface area (Å²) in [6, 6.07) is 18.2. The molecule has 37 heavy (non-hydrogen) atoms. The molecule has 3 aromatic carbocycles. The van der Waals surface area contributed by atoms with Crippen LogP contribution in [0.1, 0.15) is 22.3 Å². The summed E-state index contributed by atoms with van der Waals surface area (Å²) >= 11 is 6.27. The smallest absolute Gasteiger partial charge is 0.322 e. The number of para-hydroxylation sites is 1. The van der Waals surface area contributed by atoms with Gasteiger partial charge in [0.25, 0.3) is 5.56 Å². The molecule has 0 aliphatic rings. The normalized spacial score (nSPS) is 10.8. The number of hydrogen-bond acceptors (Lipinski definition) is 4. The number of fused-ring (bicyclic) bond motifs is 1. The van der Waals surface area contributed by atoms with Gasteiger partial charge in [-0.05, 0) is 72.7 Å². The van der Waals surface area contributed by atoms with E-state index >= 15 is 0 Å². The summed E-state index contributed by atoms with van der Waals surface area (Å²) in [5.74, 6) is 1.25. The molecule has 0 fully saturated rings. The summed E-state index contributed by atoms with van der Waals surface area (Å²) < 4.78 is 10.7. The number of urea groups is 1. The molecule has 0 radical (unpaired) electrons. The predicted octanol–water partition coefficient (Wildman–Crippen LogP) is 6.09. The molecule has 0 spiro atoms. The molecule has 1 aromatic heterocycles. The number of H-pyrrole nitrogens is 1. The van der Waals surface area contributed by atoms with Gasteiger partial charge in [0.2, 0.25) is 0 Å². The summed E-state index contributed by atoms with van der Waals surface area (Å²) in [6.07, 6.45) is 0.542. The number of amides is 2. The van der Waals surface area contributed by atoms with E-state index in [0.29, 0.717) is 40.7 Å². The zero-order chi connectivity index (χ0) is 26.5. The van der Waals surface area contributed by atoms with Crippen molar-refractivity contribution in [1.82, 2.24) is 9.88 Å². The molecular weight excluding hydrogens is 490 g/mol. The highest BCUT2D eigenvalue weighted by Gasteiger charge is 2.18. The third-order valence-corrected chi connectivity index (χ3v) is 6.84. The van der Waals surface area contributed by atoms with Crippen molar-refractivity contribution in [2.45, 2.75) is 26.8 Å². The minimum Gasteiger partial charge on any atom is -0.493 e. The SMILES string of the molecule is COc1ccc(CCN(Cc2cc3ccc(C)c(C)c3[nH]c2=O)C(=O)Nc2ccccc2Cl)cc1OC. The van der Waals surface area contributed by atoms with Crippen molar-refractivity contribution in [3.8, 4) is 11.5 Å². The molecule has 2 amide bonds. The predicted molar refractivity (Wildman–Crippen MR) is 148 cm³/mol. The maximum atomic E-state index is 13.4. The van der Waals surface area contributed by atoms with Gasteiger partial charge in [0.05, 0.1) is 37.0 Å². The number of ether oxygens (including phenoxy) is 2. The number of aromatic nitrogens is 1. The Labute approximate surface area is 221 Å². The lowest BCUT2D eigenvalue weighted by atomic mass is 10.0. The van der Waals surface area contributed by atoms with E-state index in [-0.39, 0.29) is 18.1 Å². The first-order valence-electron chi connectivity index (χ1n) is 11.9. The maximum absolute atomic E-state index is 13.4. The van der Waals surface area contributed by atoms with Crippen LogP contribution >= 0.6 is 11.6 Å². The monoisotopic (exact) mass is 519 g/mol. The Morgan fingerprint density at radius 2 is 1.76 bits per heavy atom. The van der Waals surface area contributed by atoms with Crippen LogP contribution in [0, 0.1) is 13.8 Å². The van der Waals surface area contributed by atoms with E-state index < -0.39 is 0 Å². The van der Waals surface area contributed by atoms with E-state index in [1.807, 2.05) is 50.2 Å². The highest BCUT2D eigenvalue weighted by atomic mass is 35.5. The highest BCUT2D eigenvalue weighted by Crippen LogP contribution is 2.28. The molecule has 0 unspecified atom stereocenters. The fraction of sp³-hybridized carbons (Fsp3) is 0.241. The van der Waals surface area contributed by atoms with Crippen molar-refractivity contribution in [2.75, 3.05) is 26.1 Å². The number of hydrogen-bond donors (Lipinski definition) is 2. The molecule has 8 heteroatoms. The van der Waals surface area contributed by atoms with Crippen LogP contribution in [-0.4, -0.2) is 36.7 Å². The Bertz CT molecular complexity index is 1500. The van der Waals surface area contributed by atoms with E-state index in [2.05, 4.69) is 10.3 Å². The lowest BCUT2D eigenvalue weighted by Crippen LogP contribution is -2.37. The maximum Gasteiger partial charge on any atom is 0.322 e. The third-order valence-electron chi connectivity index (χ3n) is 6.51. The number of aromatic amines is 1. The Kier molecular flexibility index (Phi) is 8.04. The van der Waals surface area contributed by atoms with Crippen LogP contribution in [0.3, 0.4) is 0 Å². The molecule has 4 aromatic rings. The number of methoxy groups -OCH3 is 2. The van der Waals surface area contributed by atoms with Crippen LogP contribution in [0.2, 0.25) is 5.02 Å². The van der Waals surface area contributed by atoms with Gasteiger partial charge in [-0.1, -0.05) is 41.9 Å². The Balaban J connectivity index is 1.63. The highest BCUT2D eigenvalue weighted by molar-refractivity contribution is 6.33. The number of nitrogens with one attached hydrogen (secondary N) is 2. The third kappa shape index (κ3) is 5.89. The average molecular weight is 520 g/mol. The fourth-order valence-electron chi connectivity index (χ4n) is 4.20. The van der Waals surface area contributed by atoms with Gasteiger partial charge < -0.3 is 24.7 Å². The van der Waals surface area contributed by atoms with E-state index in [1.54, 1.807) is 43.4 Å². The van der Waals surface area contributed by atoms with Crippen LogP contribution in [0.25, 0.3) is 10.9 Å². The summed E-state index contributed by atoms with van der Waals surface area (Å²) in [6.45, 7) is 4.48. The number of pyridine rings is 1. The van der Waals surface area contributed by atoms with Crippen molar-refractivity contribution in [3.05, 3.63) is 98.3 Å². The van der Waals surface area contributed by atoms with Gasteiger partial charge in [0.1, 0.15) is 0 Å². The van der Waals surface area contributed by atoms with Crippen molar-refractivity contribution >= 4 is 34.2 Å². The van der Waals surface area contributed by atoms with E-state index in [9.17, 15) is 9.59 Å². The van der Waals surface area contributed by atoms with Crippen LogP contribution in [0.5, 0.6) is 11.5 Å². The van der Waals surface area contributed by atoms with Crippen molar-refractivity contribution in [3.63, 3.8) is 0 Å². The van der Waals surface area contributed by atoms with Crippen molar-refractivity contribution in [2.24, 2.45) is 0 Å². The van der Waals surface area contributed by atoms with Gasteiger partial charge >= 0.3 is 6.03 Å². The molecule has 0 bridgehead atoms. The van der Waals surface area contributed by atoms with E-state index in [4.69, 9.17) is 21.1 Å². The fourth-order valence-corrected chi connectivity index (χ4v) is 4.39. The Morgan fingerprint density at radius 1 is 1.00 bits per heavy atom.